The molecular weight excluding hydrogens is 480 g/mol. The van der Waals surface area contributed by atoms with E-state index in [1.165, 1.54) is 6.42 Å². The Kier molecular flexibility index (Phi) is 8.48. The average Bonchev–Trinajstić information content (AvgIpc) is 3.13. The Morgan fingerprint density at radius 1 is 1.11 bits per heavy atom. The number of hydrogen-bond donors (Lipinski definition) is 2. The Morgan fingerprint density at radius 3 is 2.39 bits per heavy atom. The van der Waals surface area contributed by atoms with E-state index in [-0.39, 0.29) is 30.2 Å². The lowest BCUT2D eigenvalue weighted by Crippen LogP contribution is -2.52. The first-order valence-corrected chi connectivity index (χ1v) is 14.3. The molecule has 1 aromatic rings. The van der Waals surface area contributed by atoms with Gasteiger partial charge in [-0.3, -0.25) is 14.4 Å². The molecule has 208 valence electrons. The number of amidine groups is 1. The molecule has 0 unspecified atom stereocenters. The first-order chi connectivity index (χ1) is 18.0. The van der Waals surface area contributed by atoms with Crippen LogP contribution < -0.4 is 5.32 Å². The van der Waals surface area contributed by atoms with Gasteiger partial charge >= 0.3 is 5.97 Å². The SMILES string of the molecule is C[C@H]1CCCCN1C1=NC2(CCC(C(C)(C)C)CC2)N(CCc2ccc(C(=O)NCCC(=O)O)cc2)C1=O. The predicted molar refractivity (Wildman–Crippen MR) is 148 cm³/mol. The monoisotopic (exact) mass is 524 g/mol. The minimum atomic E-state index is -0.941. The molecule has 8 heteroatoms. The molecule has 1 spiro atoms. The maximum atomic E-state index is 13.9. The van der Waals surface area contributed by atoms with Gasteiger partial charge in [-0.2, -0.15) is 0 Å². The van der Waals surface area contributed by atoms with Crippen LogP contribution in [0.1, 0.15) is 95.0 Å². The number of piperidine rings is 1. The van der Waals surface area contributed by atoms with Crippen molar-refractivity contribution >= 4 is 23.6 Å². The van der Waals surface area contributed by atoms with Crippen LogP contribution in [0.4, 0.5) is 0 Å². The third kappa shape index (κ3) is 6.21. The highest BCUT2D eigenvalue weighted by atomic mass is 16.4. The first-order valence-electron chi connectivity index (χ1n) is 14.3. The van der Waals surface area contributed by atoms with Crippen LogP contribution in [0.5, 0.6) is 0 Å². The fraction of sp³-hybridized carbons (Fsp3) is 0.667. The number of rotatable bonds is 7. The molecule has 2 heterocycles. The van der Waals surface area contributed by atoms with Gasteiger partial charge in [-0.25, -0.2) is 4.99 Å². The number of aliphatic imine (C=N–C) groups is 1. The fourth-order valence-electron chi connectivity index (χ4n) is 6.30. The summed E-state index contributed by atoms with van der Waals surface area (Å²) < 4.78 is 0. The van der Waals surface area contributed by atoms with Gasteiger partial charge in [-0.15, -0.1) is 0 Å². The summed E-state index contributed by atoms with van der Waals surface area (Å²) in [5.41, 5.74) is 1.36. The molecule has 38 heavy (non-hydrogen) atoms. The molecule has 1 aliphatic carbocycles. The lowest BCUT2D eigenvalue weighted by atomic mass is 9.69. The Morgan fingerprint density at radius 2 is 1.79 bits per heavy atom. The second-order valence-electron chi connectivity index (χ2n) is 12.4. The number of nitrogens with zero attached hydrogens (tertiary/aromatic N) is 3. The quantitative estimate of drug-likeness (QED) is 0.548. The maximum absolute atomic E-state index is 13.9. The fourth-order valence-corrected chi connectivity index (χ4v) is 6.30. The molecule has 1 saturated carbocycles. The summed E-state index contributed by atoms with van der Waals surface area (Å²) in [5.74, 6) is 0.147. The third-order valence-corrected chi connectivity index (χ3v) is 8.80. The zero-order valence-corrected chi connectivity index (χ0v) is 23.5. The number of benzene rings is 1. The lowest BCUT2D eigenvalue weighted by molar-refractivity contribution is -0.136. The topological polar surface area (TPSA) is 102 Å². The molecule has 1 saturated heterocycles. The van der Waals surface area contributed by atoms with Crippen LogP contribution in [0.25, 0.3) is 0 Å². The first kappa shape index (κ1) is 28.1. The summed E-state index contributed by atoms with van der Waals surface area (Å²) in [6.07, 6.45) is 7.95. The Hall–Kier alpha value is -2.90. The smallest absolute Gasteiger partial charge is 0.305 e. The van der Waals surface area contributed by atoms with Crippen molar-refractivity contribution in [3.63, 3.8) is 0 Å². The molecule has 0 aromatic heterocycles. The van der Waals surface area contributed by atoms with Crippen molar-refractivity contribution in [2.24, 2.45) is 16.3 Å². The van der Waals surface area contributed by atoms with Crippen LogP contribution in [0.15, 0.2) is 29.3 Å². The minimum absolute atomic E-state index is 0.0717. The average molecular weight is 525 g/mol. The van der Waals surface area contributed by atoms with Gasteiger partial charge in [0, 0.05) is 31.2 Å². The second kappa shape index (κ2) is 11.5. The lowest BCUT2D eigenvalue weighted by Gasteiger charge is -2.44. The number of carboxylic acid groups (broad SMARTS) is 1. The summed E-state index contributed by atoms with van der Waals surface area (Å²) in [7, 11) is 0. The van der Waals surface area contributed by atoms with E-state index in [9.17, 15) is 14.4 Å². The third-order valence-electron chi connectivity index (χ3n) is 8.80. The molecule has 0 bridgehead atoms. The molecule has 1 atom stereocenters. The number of aliphatic carboxylic acids is 1. The van der Waals surface area contributed by atoms with E-state index < -0.39 is 11.6 Å². The standard InChI is InChI=1S/C30H44N4O4/c1-21-7-5-6-19-33(21)26-28(38)34(30(32-26)16-12-24(13-17-30)29(2,3)4)20-15-22-8-10-23(11-9-22)27(37)31-18-14-25(35)36/h8-11,21,24H,5-7,12-20H2,1-4H3,(H,31,37)(H,35,36)/t21-,24?,30?/m0/s1. The molecule has 2 amide bonds. The minimum Gasteiger partial charge on any atom is -0.481 e. The van der Waals surface area contributed by atoms with Gasteiger partial charge in [-0.1, -0.05) is 32.9 Å². The number of likely N-dealkylation sites (tertiary alicyclic amines) is 1. The normalized spacial score (nSPS) is 26.0. The molecule has 4 rings (SSSR count). The van der Waals surface area contributed by atoms with E-state index in [1.54, 1.807) is 12.1 Å². The Bertz CT molecular complexity index is 1050. The van der Waals surface area contributed by atoms with E-state index >= 15 is 0 Å². The zero-order valence-electron chi connectivity index (χ0n) is 23.5. The summed E-state index contributed by atoms with van der Waals surface area (Å²) in [5, 5.41) is 11.4. The van der Waals surface area contributed by atoms with Gasteiger partial charge in [0.15, 0.2) is 5.84 Å². The Labute approximate surface area is 226 Å². The van der Waals surface area contributed by atoms with Crippen LogP contribution in [0.2, 0.25) is 0 Å². The number of carbonyl (C=O) groups excluding carboxylic acids is 2. The number of amides is 2. The van der Waals surface area contributed by atoms with Crippen molar-refractivity contribution in [2.45, 2.75) is 97.2 Å². The van der Waals surface area contributed by atoms with Crippen LogP contribution >= 0.6 is 0 Å². The summed E-state index contributed by atoms with van der Waals surface area (Å²) in [4.78, 5) is 46.4. The van der Waals surface area contributed by atoms with E-state index in [1.807, 2.05) is 12.1 Å². The van der Waals surface area contributed by atoms with E-state index in [0.717, 1.165) is 50.6 Å². The van der Waals surface area contributed by atoms with E-state index in [4.69, 9.17) is 10.1 Å². The van der Waals surface area contributed by atoms with Gasteiger partial charge in [0.2, 0.25) is 0 Å². The second-order valence-corrected chi connectivity index (χ2v) is 12.4. The van der Waals surface area contributed by atoms with Crippen molar-refractivity contribution in [1.29, 1.82) is 0 Å². The highest BCUT2D eigenvalue weighted by Crippen LogP contribution is 2.46. The number of hydrogen-bond acceptors (Lipinski definition) is 5. The van der Waals surface area contributed by atoms with Gasteiger partial charge in [-0.05, 0) is 87.3 Å². The molecule has 8 nitrogen and oxygen atoms in total. The van der Waals surface area contributed by atoms with Gasteiger partial charge in [0.05, 0.1) is 6.42 Å². The zero-order chi connectivity index (χ0) is 27.5. The number of nitrogens with one attached hydrogen (secondary N) is 1. The van der Waals surface area contributed by atoms with Gasteiger partial charge in [0.25, 0.3) is 11.8 Å². The molecule has 2 aliphatic heterocycles. The molecule has 1 aromatic carbocycles. The maximum Gasteiger partial charge on any atom is 0.305 e. The van der Waals surface area contributed by atoms with Crippen LogP contribution in [0, 0.1) is 11.3 Å². The molecule has 2 fully saturated rings. The summed E-state index contributed by atoms with van der Waals surface area (Å²) in [6.45, 7) is 10.7. The number of carboxylic acids is 1. The van der Waals surface area contributed by atoms with Crippen molar-refractivity contribution in [1.82, 2.24) is 15.1 Å². The van der Waals surface area contributed by atoms with Crippen molar-refractivity contribution in [3.05, 3.63) is 35.4 Å². The van der Waals surface area contributed by atoms with Crippen molar-refractivity contribution in [2.75, 3.05) is 19.6 Å². The van der Waals surface area contributed by atoms with Crippen LogP contribution in [-0.4, -0.2) is 69.9 Å². The largest absolute Gasteiger partial charge is 0.481 e. The van der Waals surface area contributed by atoms with Crippen LogP contribution in [-0.2, 0) is 16.0 Å². The summed E-state index contributed by atoms with van der Waals surface area (Å²) in [6, 6.07) is 7.70. The van der Waals surface area contributed by atoms with E-state index in [2.05, 4.69) is 42.8 Å². The molecular formula is C30H44N4O4. The predicted octanol–water partition coefficient (Wildman–Crippen LogP) is 4.48. The molecule has 3 aliphatic rings. The molecule has 2 N–H and O–H groups in total. The molecule has 0 radical (unpaired) electrons. The van der Waals surface area contributed by atoms with Gasteiger partial charge < -0.3 is 20.2 Å². The number of carbonyl (C=O) groups is 3. The van der Waals surface area contributed by atoms with Gasteiger partial charge in [0.1, 0.15) is 5.66 Å². The Balaban J connectivity index is 1.46. The van der Waals surface area contributed by atoms with Crippen LogP contribution in [0.3, 0.4) is 0 Å². The van der Waals surface area contributed by atoms with Crippen molar-refractivity contribution in [3.8, 4) is 0 Å². The highest BCUT2D eigenvalue weighted by Gasteiger charge is 2.51. The van der Waals surface area contributed by atoms with Crippen molar-refractivity contribution < 1.29 is 19.5 Å². The summed E-state index contributed by atoms with van der Waals surface area (Å²) >= 11 is 0. The highest BCUT2D eigenvalue weighted by molar-refractivity contribution is 6.39. The van der Waals surface area contributed by atoms with E-state index in [0.29, 0.717) is 36.3 Å².